The van der Waals surface area contributed by atoms with Crippen LogP contribution in [0.5, 0.6) is 0 Å². The highest BCUT2D eigenvalue weighted by atomic mass is 14.4. The molecule has 0 N–H and O–H groups in total. The highest BCUT2D eigenvalue weighted by Gasteiger charge is 2.36. The first kappa shape index (κ1) is 9.45. The standard InChI is InChI=1S/C15H20/c1-2-6-12(7-3-1)15(13-8-4-9-13)14-10-5-11-14/h1-3,6-7,13-15H,4-5,8-11H2. The van der Waals surface area contributed by atoms with Crippen molar-refractivity contribution < 1.29 is 0 Å². The van der Waals surface area contributed by atoms with Crippen LogP contribution in [0, 0.1) is 11.8 Å². The molecule has 0 unspecified atom stereocenters. The van der Waals surface area contributed by atoms with Gasteiger partial charge in [0.1, 0.15) is 0 Å². The average molecular weight is 200 g/mol. The summed E-state index contributed by atoms with van der Waals surface area (Å²) >= 11 is 0. The molecule has 2 saturated carbocycles. The smallest absolute Gasteiger partial charge is 0.0105 e. The van der Waals surface area contributed by atoms with Gasteiger partial charge in [-0.2, -0.15) is 0 Å². The Morgan fingerprint density at radius 1 is 0.800 bits per heavy atom. The number of rotatable bonds is 3. The molecular weight excluding hydrogens is 180 g/mol. The molecule has 0 bridgehead atoms. The molecule has 1 aromatic rings. The van der Waals surface area contributed by atoms with Crippen LogP contribution >= 0.6 is 0 Å². The Hall–Kier alpha value is -0.780. The van der Waals surface area contributed by atoms with Crippen LogP contribution in [0.1, 0.15) is 50.0 Å². The van der Waals surface area contributed by atoms with Crippen molar-refractivity contribution in [3.05, 3.63) is 35.9 Å². The topological polar surface area (TPSA) is 0 Å². The van der Waals surface area contributed by atoms with Crippen LogP contribution in [0.15, 0.2) is 30.3 Å². The molecule has 0 heteroatoms. The molecule has 0 aliphatic heterocycles. The first-order chi connectivity index (χ1) is 7.45. The second kappa shape index (κ2) is 4.00. The zero-order chi connectivity index (χ0) is 10.1. The molecule has 0 amide bonds. The Balaban J connectivity index is 1.82. The van der Waals surface area contributed by atoms with Crippen molar-refractivity contribution in [2.75, 3.05) is 0 Å². The summed E-state index contributed by atoms with van der Waals surface area (Å²) in [5.41, 5.74) is 1.62. The average Bonchev–Trinajstić information content (AvgIpc) is 2.13. The van der Waals surface area contributed by atoms with Crippen molar-refractivity contribution >= 4 is 0 Å². The fraction of sp³-hybridized carbons (Fsp3) is 0.600. The van der Waals surface area contributed by atoms with E-state index in [-0.39, 0.29) is 0 Å². The maximum atomic E-state index is 2.35. The quantitative estimate of drug-likeness (QED) is 0.679. The minimum absolute atomic E-state index is 0.897. The Morgan fingerprint density at radius 3 is 1.73 bits per heavy atom. The number of benzene rings is 1. The van der Waals surface area contributed by atoms with Gasteiger partial charge in [-0.1, -0.05) is 43.2 Å². The second-order valence-electron chi connectivity index (χ2n) is 5.32. The molecule has 80 valence electrons. The molecule has 2 fully saturated rings. The zero-order valence-electron chi connectivity index (χ0n) is 9.36. The third kappa shape index (κ3) is 1.71. The fourth-order valence-corrected chi connectivity index (χ4v) is 3.20. The molecule has 2 aliphatic rings. The molecule has 1 aromatic carbocycles. The maximum Gasteiger partial charge on any atom is -0.0105 e. The largest absolute Gasteiger partial charge is 0.0622 e. The third-order valence-electron chi connectivity index (χ3n) is 4.50. The molecule has 0 radical (unpaired) electrons. The Labute approximate surface area is 92.7 Å². The van der Waals surface area contributed by atoms with Gasteiger partial charge in [0.25, 0.3) is 0 Å². The van der Waals surface area contributed by atoms with E-state index in [4.69, 9.17) is 0 Å². The van der Waals surface area contributed by atoms with Crippen molar-refractivity contribution in [1.82, 2.24) is 0 Å². The summed E-state index contributed by atoms with van der Waals surface area (Å²) in [6.07, 6.45) is 8.87. The summed E-state index contributed by atoms with van der Waals surface area (Å²) < 4.78 is 0. The molecule has 0 nitrogen and oxygen atoms in total. The fourth-order valence-electron chi connectivity index (χ4n) is 3.20. The zero-order valence-corrected chi connectivity index (χ0v) is 9.36. The molecule has 0 aromatic heterocycles. The minimum atomic E-state index is 0.897. The van der Waals surface area contributed by atoms with Crippen LogP contribution < -0.4 is 0 Å². The van der Waals surface area contributed by atoms with Gasteiger partial charge in [-0.25, -0.2) is 0 Å². The SMILES string of the molecule is c1ccc(C(C2CCC2)C2CCC2)cc1. The van der Waals surface area contributed by atoms with E-state index in [1.807, 2.05) is 0 Å². The van der Waals surface area contributed by atoms with E-state index in [1.165, 1.54) is 38.5 Å². The molecule has 0 heterocycles. The van der Waals surface area contributed by atoms with E-state index >= 15 is 0 Å². The summed E-state index contributed by atoms with van der Waals surface area (Å²) in [4.78, 5) is 0. The van der Waals surface area contributed by atoms with Crippen LogP contribution in [0.25, 0.3) is 0 Å². The summed E-state index contributed by atoms with van der Waals surface area (Å²) in [7, 11) is 0. The van der Waals surface area contributed by atoms with E-state index in [0.29, 0.717) is 0 Å². The molecule has 2 aliphatic carbocycles. The van der Waals surface area contributed by atoms with Crippen LogP contribution in [0.3, 0.4) is 0 Å². The van der Waals surface area contributed by atoms with Crippen LogP contribution in [-0.4, -0.2) is 0 Å². The molecule has 15 heavy (non-hydrogen) atoms. The van der Waals surface area contributed by atoms with E-state index < -0.39 is 0 Å². The predicted molar refractivity (Wildman–Crippen MR) is 63.9 cm³/mol. The number of hydrogen-bond donors (Lipinski definition) is 0. The minimum Gasteiger partial charge on any atom is -0.0622 e. The third-order valence-corrected chi connectivity index (χ3v) is 4.50. The summed E-state index contributed by atoms with van der Waals surface area (Å²) in [6.45, 7) is 0. The molecule has 0 spiro atoms. The summed E-state index contributed by atoms with van der Waals surface area (Å²) in [5, 5.41) is 0. The lowest BCUT2D eigenvalue weighted by atomic mass is 9.62. The highest BCUT2D eigenvalue weighted by Crippen LogP contribution is 2.49. The first-order valence-electron chi connectivity index (χ1n) is 6.50. The highest BCUT2D eigenvalue weighted by molar-refractivity contribution is 5.22. The van der Waals surface area contributed by atoms with Gasteiger partial charge in [0.15, 0.2) is 0 Å². The summed E-state index contributed by atoms with van der Waals surface area (Å²) in [5.74, 6) is 2.92. The van der Waals surface area contributed by atoms with Gasteiger partial charge < -0.3 is 0 Å². The van der Waals surface area contributed by atoms with Crippen LogP contribution in [0.4, 0.5) is 0 Å². The van der Waals surface area contributed by atoms with Gasteiger partial charge in [0, 0.05) is 0 Å². The van der Waals surface area contributed by atoms with Crippen LogP contribution in [-0.2, 0) is 0 Å². The number of hydrogen-bond acceptors (Lipinski definition) is 0. The van der Waals surface area contributed by atoms with Crippen LogP contribution in [0.2, 0.25) is 0 Å². The summed E-state index contributed by atoms with van der Waals surface area (Å²) in [6, 6.07) is 11.3. The Morgan fingerprint density at radius 2 is 1.33 bits per heavy atom. The molecule has 3 rings (SSSR count). The Kier molecular flexibility index (Phi) is 2.52. The van der Waals surface area contributed by atoms with Gasteiger partial charge in [0.05, 0.1) is 0 Å². The van der Waals surface area contributed by atoms with Gasteiger partial charge in [-0.05, 0) is 49.0 Å². The van der Waals surface area contributed by atoms with Gasteiger partial charge in [-0.3, -0.25) is 0 Å². The van der Waals surface area contributed by atoms with Crippen molar-refractivity contribution in [2.24, 2.45) is 11.8 Å². The lowest BCUT2D eigenvalue weighted by Crippen LogP contribution is -2.30. The molecular formula is C15H20. The van der Waals surface area contributed by atoms with Gasteiger partial charge in [0.2, 0.25) is 0 Å². The monoisotopic (exact) mass is 200 g/mol. The van der Waals surface area contributed by atoms with Crippen molar-refractivity contribution in [3.8, 4) is 0 Å². The van der Waals surface area contributed by atoms with Gasteiger partial charge in [-0.15, -0.1) is 0 Å². The second-order valence-corrected chi connectivity index (χ2v) is 5.32. The van der Waals surface area contributed by atoms with Gasteiger partial charge >= 0.3 is 0 Å². The Bertz CT molecular complexity index is 292. The van der Waals surface area contributed by atoms with Crippen molar-refractivity contribution in [2.45, 2.75) is 44.4 Å². The van der Waals surface area contributed by atoms with E-state index in [0.717, 1.165) is 17.8 Å². The molecule has 0 atom stereocenters. The van der Waals surface area contributed by atoms with E-state index in [9.17, 15) is 0 Å². The van der Waals surface area contributed by atoms with E-state index in [2.05, 4.69) is 30.3 Å². The lowest BCUT2D eigenvalue weighted by Gasteiger charge is -2.43. The first-order valence-corrected chi connectivity index (χ1v) is 6.50. The maximum absolute atomic E-state index is 2.35. The van der Waals surface area contributed by atoms with E-state index in [1.54, 1.807) is 5.56 Å². The predicted octanol–water partition coefficient (Wildman–Crippen LogP) is 4.37. The van der Waals surface area contributed by atoms with Crippen molar-refractivity contribution in [1.29, 1.82) is 0 Å². The lowest BCUT2D eigenvalue weighted by molar-refractivity contribution is 0.149. The molecule has 0 saturated heterocycles. The normalized spacial score (nSPS) is 22.5. The van der Waals surface area contributed by atoms with Crippen molar-refractivity contribution in [3.63, 3.8) is 0 Å².